The Morgan fingerprint density at radius 2 is 2.25 bits per heavy atom. The molecule has 0 spiro atoms. The Kier molecular flexibility index (Phi) is 3.53. The summed E-state index contributed by atoms with van der Waals surface area (Å²) in [5, 5.41) is 15.9. The van der Waals surface area contributed by atoms with Gasteiger partial charge in [0.1, 0.15) is 6.67 Å². The highest BCUT2D eigenvalue weighted by Crippen LogP contribution is 2.26. The van der Waals surface area contributed by atoms with Gasteiger partial charge in [-0.25, -0.2) is 4.39 Å². The Morgan fingerprint density at radius 3 is 2.94 bits per heavy atom. The number of hydrogen-bond acceptors (Lipinski definition) is 3. The highest BCUT2D eigenvalue weighted by molar-refractivity contribution is 7.17. The predicted octanol–water partition coefficient (Wildman–Crippen LogP) is 2.49. The van der Waals surface area contributed by atoms with Crippen molar-refractivity contribution < 1.29 is 9.50 Å². The number of halogens is 1. The summed E-state index contributed by atoms with van der Waals surface area (Å²) in [6.07, 6.45) is -0.804. The van der Waals surface area contributed by atoms with Crippen molar-refractivity contribution in [2.24, 2.45) is 0 Å². The molecule has 0 fully saturated rings. The third-order valence-corrected chi connectivity index (χ3v) is 3.62. The molecule has 0 aliphatic carbocycles. The fourth-order valence-corrected chi connectivity index (χ4v) is 2.54. The number of benzene rings is 1. The van der Waals surface area contributed by atoms with Crippen LogP contribution in [0.4, 0.5) is 4.39 Å². The van der Waals surface area contributed by atoms with Crippen LogP contribution in [0.5, 0.6) is 0 Å². The molecule has 2 N–H and O–H groups in total. The fourth-order valence-electron chi connectivity index (χ4n) is 1.71. The van der Waals surface area contributed by atoms with Gasteiger partial charge in [0.05, 0.1) is 12.1 Å². The van der Waals surface area contributed by atoms with Gasteiger partial charge in [0.15, 0.2) is 0 Å². The molecule has 1 aromatic carbocycles. The summed E-state index contributed by atoms with van der Waals surface area (Å²) in [7, 11) is 1.65. The van der Waals surface area contributed by atoms with Crippen LogP contribution in [0.3, 0.4) is 0 Å². The van der Waals surface area contributed by atoms with Crippen LogP contribution in [0.25, 0.3) is 10.1 Å². The minimum Gasteiger partial charge on any atom is -0.387 e. The summed E-state index contributed by atoms with van der Waals surface area (Å²) in [6, 6.07) is 7.21. The number of fused-ring (bicyclic) bond motifs is 1. The molecule has 0 saturated carbocycles. The van der Waals surface area contributed by atoms with Crippen molar-refractivity contribution in [1.29, 1.82) is 0 Å². The second-order valence-corrected chi connectivity index (χ2v) is 4.66. The normalized spacial score (nSPS) is 15.2. The number of aliphatic hydroxyl groups is 1. The summed E-state index contributed by atoms with van der Waals surface area (Å²) in [5.41, 5.74) is 0.756. The van der Waals surface area contributed by atoms with Crippen molar-refractivity contribution in [3.63, 3.8) is 0 Å². The SMILES string of the molecule is CNC(CF)C(O)c1ccc2ccsc2c1. The van der Waals surface area contributed by atoms with E-state index in [4.69, 9.17) is 0 Å². The molecule has 86 valence electrons. The zero-order chi connectivity index (χ0) is 11.5. The lowest BCUT2D eigenvalue weighted by Gasteiger charge is -2.19. The quantitative estimate of drug-likeness (QED) is 0.859. The average Bonchev–Trinajstić information content (AvgIpc) is 2.77. The molecule has 2 unspecified atom stereocenters. The van der Waals surface area contributed by atoms with Gasteiger partial charge in [-0.2, -0.15) is 0 Å². The Labute approximate surface area is 97.7 Å². The van der Waals surface area contributed by atoms with E-state index in [2.05, 4.69) is 5.32 Å². The minimum absolute atomic E-state index is 0.544. The van der Waals surface area contributed by atoms with E-state index < -0.39 is 18.8 Å². The smallest absolute Gasteiger partial charge is 0.108 e. The average molecular weight is 239 g/mol. The van der Waals surface area contributed by atoms with Crippen LogP contribution in [-0.2, 0) is 0 Å². The fraction of sp³-hybridized carbons (Fsp3) is 0.333. The number of alkyl halides is 1. The Balaban J connectivity index is 2.31. The van der Waals surface area contributed by atoms with Gasteiger partial charge in [0, 0.05) is 4.70 Å². The molecule has 0 aliphatic heterocycles. The van der Waals surface area contributed by atoms with Crippen LogP contribution >= 0.6 is 11.3 Å². The van der Waals surface area contributed by atoms with Gasteiger partial charge in [0.25, 0.3) is 0 Å². The van der Waals surface area contributed by atoms with E-state index >= 15 is 0 Å². The first kappa shape index (κ1) is 11.5. The molecule has 4 heteroatoms. The van der Waals surface area contributed by atoms with E-state index in [1.165, 1.54) is 0 Å². The minimum atomic E-state index is -0.804. The van der Waals surface area contributed by atoms with Gasteiger partial charge in [-0.15, -0.1) is 11.3 Å². The van der Waals surface area contributed by atoms with E-state index in [9.17, 15) is 9.50 Å². The summed E-state index contributed by atoms with van der Waals surface area (Å²) in [4.78, 5) is 0. The number of aliphatic hydroxyl groups excluding tert-OH is 1. The van der Waals surface area contributed by atoms with Gasteiger partial charge in [-0.3, -0.25) is 0 Å². The lowest BCUT2D eigenvalue weighted by atomic mass is 10.0. The standard InChI is InChI=1S/C12H14FNOS/c1-14-10(7-13)12(15)9-3-2-8-4-5-16-11(8)6-9/h2-6,10,12,14-15H,7H2,1H3. The van der Waals surface area contributed by atoms with Crippen molar-refractivity contribution in [2.45, 2.75) is 12.1 Å². The predicted molar refractivity (Wildman–Crippen MR) is 65.6 cm³/mol. The van der Waals surface area contributed by atoms with Gasteiger partial charge >= 0.3 is 0 Å². The Hall–Kier alpha value is -0.970. The molecule has 0 bridgehead atoms. The molecule has 2 nitrogen and oxygen atoms in total. The molecule has 1 heterocycles. The van der Waals surface area contributed by atoms with Crippen LogP contribution in [0.1, 0.15) is 11.7 Å². The maximum Gasteiger partial charge on any atom is 0.108 e. The van der Waals surface area contributed by atoms with Gasteiger partial charge in [-0.1, -0.05) is 12.1 Å². The van der Waals surface area contributed by atoms with Crippen LogP contribution < -0.4 is 5.32 Å². The van der Waals surface area contributed by atoms with Gasteiger partial charge < -0.3 is 10.4 Å². The molecule has 0 saturated heterocycles. The second-order valence-electron chi connectivity index (χ2n) is 3.71. The topological polar surface area (TPSA) is 32.3 Å². The molecule has 2 atom stereocenters. The van der Waals surface area contributed by atoms with Crippen LogP contribution in [0.15, 0.2) is 29.6 Å². The van der Waals surface area contributed by atoms with Crippen molar-refractivity contribution in [3.05, 3.63) is 35.2 Å². The van der Waals surface area contributed by atoms with Crippen LogP contribution in [-0.4, -0.2) is 24.9 Å². The highest BCUT2D eigenvalue weighted by atomic mass is 32.1. The molecule has 0 radical (unpaired) electrons. The van der Waals surface area contributed by atoms with E-state index in [0.29, 0.717) is 0 Å². The monoisotopic (exact) mass is 239 g/mol. The Bertz CT molecular complexity index is 467. The molecule has 0 aliphatic rings. The lowest BCUT2D eigenvalue weighted by Crippen LogP contribution is -2.33. The maximum atomic E-state index is 12.6. The van der Waals surface area contributed by atoms with Crippen LogP contribution in [0, 0.1) is 0 Å². The first-order chi connectivity index (χ1) is 7.76. The summed E-state index contributed by atoms with van der Waals surface area (Å²) in [6.45, 7) is -0.583. The van der Waals surface area contributed by atoms with E-state index in [-0.39, 0.29) is 0 Å². The third-order valence-electron chi connectivity index (χ3n) is 2.74. The lowest BCUT2D eigenvalue weighted by molar-refractivity contribution is 0.118. The van der Waals surface area contributed by atoms with Gasteiger partial charge in [-0.05, 0) is 35.5 Å². The maximum absolute atomic E-state index is 12.6. The molecule has 2 aromatic rings. The zero-order valence-electron chi connectivity index (χ0n) is 8.98. The van der Waals surface area contributed by atoms with Crippen molar-refractivity contribution in [1.82, 2.24) is 5.32 Å². The van der Waals surface area contributed by atoms with E-state index in [1.807, 2.05) is 29.6 Å². The number of nitrogens with one attached hydrogen (secondary N) is 1. The van der Waals surface area contributed by atoms with Crippen LogP contribution in [0.2, 0.25) is 0 Å². The summed E-state index contributed by atoms with van der Waals surface area (Å²) >= 11 is 1.62. The van der Waals surface area contributed by atoms with E-state index in [0.717, 1.165) is 15.6 Å². The number of hydrogen-bond donors (Lipinski definition) is 2. The molecular formula is C12H14FNOS. The summed E-state index contributed by atoms with van der Waals surface area (Å²) in [5.74, 6) is 0. The van der Waals surface area contributed by atoms with Crippen molar-refractivity contribution in [2.75, 3.05) is 13.7 Å². The first-order valence-electron chi connectivity index (χ1n) is 5.14. The van der Waals surface area contributed by atoms with Crippen molar-refractivity contribution >= 4 is 21.4 Å². The molecule has 1 aromatic heterocycles. The second kappa shape index (κ2) is 4.91. The number of likely N-dealkylation sites (N-methyl/N-ethyl adjacent to an activating group) is 1. The molecule has 16 heavy (non-hydrogen) atoms. The largest absolute Gasteiger partial charge is 0.387 e. The molecule has 0 amide bonds. The highest BCUT2D eigenvalue weighted by Gasteiger charge is 2.19. The summed E-state index contributed by atoms with van der Waals surface area (Å²) < 4.78 is 13.7. The molecular weight excluding hydrogens is 225 g/mol. The number of thiophene rings is 1. The third kappa shape index (κ3) is 2.09. The van der Waals surface area contributed by atoms with Gasteiger partial charge in [0.2, 0.25) is 0 Å². The van der Waals surface area contributed by atoms with E-state index in [1.54, 1.807) is 18.4 Å². The van der Waals surface area contributed by atoms with Crippen molar-refractivity contribution in [3.8, 4) is 0 Å². The zero-order valence-corrected chi connectivity index (χ0v) is 9.80. The first-order valence-corrected chi connectivity index (χ1v) is 6.02. The molecule has 2 rings (SSSR count). The number of rotatable bonds is 4. The Morgan fingerprint density at radius 1 is 1.44 bits per heavy atom.